The van der Waals surface area contributed by atoms with E-state index in [2.05, 4.69) is 52.8 Å². The van der Waals surface area contributed by atoms with Gasteiger partial charge < -0.3 is 10.5 Å². The molecular weight excluding hydrogens is 535 g/mol. The lowest BCUT2D eigenvalue weighted by atomic mass is 9.98. The number of nitrogen functional groups attached to an aromatic ring is 1. The summed E-state index contributed by atoms with van der Waals surface area (Å²) in [5.41, 5.74) is 11.4. The Bertz CT molecular complexity index is 1200. The number of rotatable bonds is 7. The van der Waals surface area contributed by atoms with E-state index < -0.39 is 0 Å². The molecule has 9 heteroatoms. The Hall–Kier alpha value is -2.66. The van der Waals surface area contributed by atoms with Crippen molar-refractivity contribution in [3.05, 3.63) is 54.1 Å². The highest BCUT2D eigenvalue weighted by Crippen LogP contribution is 2.34. The number of hydrogen-bond donors (Lipinski definition) is 1. The van der Waals surface area contributed by atoms with Gasteiger partial charge in [-0.25, -0.2) is 24.9 Å². The fourth-order valence-electron chi connectivity index (χ4n) is 3.50. The van der Waals surface area contributed by atoms with E-state index in [1.54, 1.807) is 24.8 Å². The predicted octanol–water partition coefficient (Wildman–Crippen LogP) is 1.18. The lowest BCUT2D eigenvalue weighted by Crippen LogP contribution is -3.64. The zero-order valence-electron chi connectivity index (χ0n) is 18.4. The first-order chi connectivity index (χ1) is 15.5. The lowest BCUT2D eigenvalue weighted by molar-refractivity contribution is -0.694. The number of halogens is 1. The molecule has 0 spiro atoms. The van der Waals surface area contributed by atoms with E-state index in [1.807, 2.05) is 6.07 Å². The van der Waals surface area contributed by atoms with Gasteiger partial charge in [0.05, 0.1) is 22.5 Å². The van der Waals surface area contributed by atoms with E-state index in [4.69, 9.17) is 20.4 Å². The smallest absolute Gasteiger partial charge is 0.313 e. The summed E-state index contributed by atoms with van der Waals surface area (Å²) in [6.07, 6.45) is 8.02. The minimum Gasteiger partial charge on any atom is -0.447 e. The van der Waals surface area contributed by atoms with E-state index in [0.29, 0.717) is 20.8 Å². The van der Waals surface area contributed by atoms with Crippen LogP contribution in [0.4, 0.5) is 5.13 Å². The molecule has 7 nitrogen and oxygen atoms in total. The molecular formula is C23H25IN6OS+2. The Morgan fingerprint density at radius 1 is 1.09 bits per heavy atom. The van der Waals surface area contributed by atoms with Crippen molar-refractivity contribution in [2.45, 2.75) is 31.3 Å². The Labute approximate surface area is 201 Å². The molecule has 164 valence electrons. The maximum atomic E-state index is 6.24. The third kappa shape index (κ3) is 4.88. The van der Waals surface area contributed by atoms with Crippen molar-refractivity contribution in [2.75, 3.05) is 10.7 Å². The summed E-state index contributed by atoms with van der Waals surface area (Å²) in [4.78, 5) is 24.4. The van der Waals surface area contributed by atoms with Gasteiger partial charge in [-0.15, -0.1) is 0 Å². The molecule has 0 aliphatic rings. The zero-order valence-corrected chi connectivity index (χ0v) is 21.4. The summed E-state index contributed by atoms with van der Waals surface area (Å²) in [7, 11) is 0. The van der Waals surface area contributed by atoms with Crippen molar-refractivity contribution < 1.29 is 30.9 Å². The average Bonchev–Trinajstić information content (AvgIpc) is 3.24. The average molecular weight is 560 g/mol. The number of H-pyrrole nitrogens is 1. The van der Waals surface area contributed by atoms with Crippen LogP contribution in [-0.4, -0.2) is 29.0 Å². The van der Waals surface area contributed by atoms with Crippen LogP contribution in [0.25, 0.3) is 33.3 Å². The SMILES string of the molecule is CCC(Oc1cc(C)c(-c2cc(-c3cnc(N)s3)nc(-c3c[nH+]ccn3)n2)c(C)c1)[I+]C. The summed E-state index contributed by atoms with van der Waals surface area (Å²) in [6, 6.07) is 6.20. The standard InChI is InChI=1S/C23H24IN6OS/c1-5-20(24-4)31-15-8-13(2)21(14(3)9-15)17-10-16(19-12-28-23(25)32-19)29-22(30-17)18-11-26-6-7-27-18/h6-12,20H,5H2,1-4H3,(H2,25,28)/q+1/p+1. The molecule has 1 atom stereocenters. The van der Waals surface area contributed by atoms with Crippen LogP contribution in [0, 0.1) is 13.8 Å². The molecule has 4 rings (SSSR count). The van der Waals surface area contributed by atoms with Gasteiger partial charge in [0.1, 0.15) is 10.7 Å². The molecule has 3 aromatic heterocycles. The van der Waals surface area contributed by atoms with Gasteiger partial charge >= 0.3 is 21.2 Å². The number of aromatic amines is 1. The van der Waals surface area contributed by atoms with Gasteiger partial charge in [0.15, 0.2) is 29.0 Å². The Morgan fingerprint density at radius 2 is 1.84 bits per heavy atom. The molecule has 0 aliphatic carbocycles. The maximum Gasteiger partial charge on any atom is 0.313 e. The van der Waals surface area contributed by atoms with E-state index in [1.165, 1.54) is 11.3 Å². The Morgan fingerprint density at radius 3 is 2.44 bits per heavy atom. The monoisotopic (exact) mass is 560 g/mol. The lowest BCUT2D eigenvalue weighted by Gasteiger charge is -2.15. The van der Waals surface area contributed by atoms with Gasteiger partial charge in [-0.1, -0.05) is 18.3 Å². The number of thiazole rings is 1. The number of nitrogens with two attached hydrogens (primary N) is 1. The molecule has 32 heavy (non-hydrogen) atoms. The van der Waals surface area contributed by atoms with Crippen LogP contribution < -0.4 is 36.7 Å². The molecule has 0 saturated carbocycles. The maximum absolute atomic E-state index is 6.24. The number of ether oxygens (including phenoxy) is 1. The zero-order chi connectivity index (χ0) is 22.7. The van der Waals surface area contributed by atoms with Crippen molar-refractivity contribution in [1.29, 1.82) is 0 Å². The highest BCUT2D eigenvalue weighted by atomic mass is 127. The molecule has 3 N–H and O–H groups in total. The van der Waals surface area contributed by atoms with Gasteiger partial charge in [0.2, 0.25) is 0 Å². The number of aryl methyl sites for hydroxylation is 2. The minimum absolute atomic E-state index is 0.0163. The summed E-state index contributed by atoms with van der Waals surface area (Å²) >= 11 is 1.42. The fourth-order valence-corrected chi connectivity index (χ4v) is 5.57. The van der Waals surface area contributed by atoms with Gasteiger partial charge in [-0.3, -0.25) is 0 Å². The second kappa shape index (κ2) is 9.86. The molecule has 0 aliphatic heterocycles. The number of alkyl halides is 2. The van der Waals surface area contributed by atoms with Gasteiger partial charge in [0, 0.05) is 18.2 Å². The van der Waals surface area contributed by atoms with Crippen molar-refractivity contribution in [2.24, 2.45) is 0 Å². The summed E-state index contributed by atoms with van der Waals surface area (Å²) in [6.45, 7) is 6.36. The molecule has 0 amide bonds. The van der Waals surface area contributed by atoms with Gasteiger partial charge in [-0.05, 0) is 43.2 Å². The quantitative estimate of drug-likeness (QED) is 0.269. The van der Waals surface area contributed by atoms with E-state index >= 15 is 0 Å². The van der Waals surface area contributed by atoms with Gasteiger partial charge in [-0.2, -0.15) is 0 Å². The van der Waals surface area contributed by atoms with Crippen molar-refractivity contribution >= 4 is 16.5 Å². The van der Waals surface area contributed by atoms with Crippen molar-refractivity contribution in [1.82, 2.24) is 19.9 Å². The summed E-state index contributed by atoms with van der Waals surface area (Å²) in [5.74, 6) is 1.46. The number of hydrogen-bond acceptors (Lipinski definition) is 7. The number of benzene rings is 1. The van der Waals surface area contributed by atoms with Gasteiger partial charge in [0.25, 0.3) is 4.11 Å². The third-order valence-electron chi connectivity index (χ3n) is 4.93. The highest BCUT2D eigenvalue weighted by molar-refractivity contribution is 7.18. The van der Waals surface area contributed by atoms with Crippen LogP contribution in [-0.2, 0) is 0 Å². The Balaban J connectivity index is 1.84. The molecule has 0 fully saturated rings. The number of anilines is 1. The normalized spacial score (nSPS) is 12.0. The minimum atomic E-state index is 0.0163. The first-order valence-electron chi connectivity index (χ1n) is 10.2. The van der Waals surface area contributed by atoms with Crippen molar-refractivity contribution in [3.63, 3.8) is 0 Å². The number of nitrogens with one attached hydrogen (secondary N) is 1. The molecule has 0 bridgehead atoms. The van der Waals surface area contributed by atoms with E-state index in [9.17, 15) is 0 Å². The van der Waals surface area contributed by atoms with Crippen LogP contribution >= 0.6 is 11.3 Å². The van der Waals surface area contributed by atoms with Crippen LogP contribution in [0.5, 0.6) is 5.75 Å². The number of nitrogens with zero attached hydrogens (tertiary/aromatic N) is 4. The highest BCUT2D eigenvalue weighted by Gasteiger charge is 2.21. The molecule has 1 unspecified atom stereocenters. The van der Waals surface area contributed by atoms with Crippen LogP contribution in [0.1, 0.15) is 24.5 Å². The molecule has 0 saturated heterocycles. The third-order valence-corrected chi connectivity index (χ3v) is 8.30. The second-order valence-electron chi connectivity index (χ2n) is 7.25. The molecule has 1 aromatic carbocycles. The second-order valence-corrected chi connectivity index (χ2v) is 10.9. The molecule has 3 heterocycles. The first-order valence-corrected chi connectivity index (χ1v) is 14.4. The molecule has 0 radical (unpaired) electrons. The first kappa shape index (κ1) is 22.5. The predicted molar refractivity (Wildman–Crippen MR) is 123 cm³/mol. The van der Waals surface area contributed by atoms with Crippen LogP contribution in [0.2, 0.25) is 0 Å². The van der Waals surface area contributed by atoms with Crippen molar-refractivity contribution in [3.8, 4) is 39.1 Å². The Kier molecular flexibility index (Phi) is 6.95. The fraction of sp³-hybridized carbons (Fsp3) is 0.261. The van der Waals surface area contributed by atoms with Crippen LogP contribution in [0.15, 0.2) is 43.0 Å². The molecule has 4 aromatic rings. The van der Waals surface area contributed by atoms with Crippen LogP contribution in [0.3, 0.4) is 0 Å². The topological polar surface area (TPSA) is 101 Å². The largest absolute Gasteiger partial charge is 0.447 e. The summed E-state index contributed by atoms with van der Waals surface area (Å²) in [5, 5.41) is 0.506. The number of aromatic nitrogens is 5. The summed E-state index contributed by atoms with van der Waals surface area (Å²) < 4.78 is 6.56. The van der Waals surface area contributed by atoms with E-state index in [-0.39, 0.29) is 21.2 Å². The van der Waals surface area contributed by atoms with E-state index in [0.717, 1.165) is 45.1 Å².